The first-order valence-electron chi connectivity index (χ1n) is 16.0. The molecule has 0 radical (unpaired) electrons. The third kappa shape index (κ3) is 10.5. The molecule has 14 heteroatoms. The molecule has 1 aliphatic rings. The standard InChI is InChI=1S/C36H44F4N2O8/c1-21(2)22(3)29(41-7)32(45)48-23(4)30(43)42(8)28(19-34(5,6)37)31(44)50-35(33(46)47-20-24-12-10-9-11-13-24)18-27(35)25-14-16-26(17-15-25)49-36(38,39)40/h9-17,21,23,27-29,41H,3,18-20H2,1-2,4-8H3/t23-,27?,28+,29-,35?/m1/s1. The molecule has 1 fully saturated rings. The molecule has 2 aromatic carbocycles. The summed E-state index contributed by atoms with van der Waals surface area (Å²) in [5.74, 6) is -5.12. The van der Waals surface area contributed by atoms with Gasteiger partial charge in [0.15, 0.2) is 6.10 Å². The van der Waals surface area contributed by atoms with E-state index in [1.165, 1.54) is 47.0 Å². The maximum absolute atomic E-state index is 15.1. The molecule has 0 bridgehead atoms. The number of carbonyl (C=O) groups is 4. The smallest absolute Gasteiger partial charge is 0.458 e. The number of nitrogens with one attached hydrogen (secondary N) is 1. The molecule has 2 aromatic rings. The van der Waals surface area contributed by atoms with Crippen LogP contribution in [0.1, 0.15) is 64.5 Å². The van der Waals surface area contributed by atoms with Crippen molar-refractivity contribution in [3.8, 4) is 5.75 Å². The summed E-state index contributed by atoms with van der Waals surface area (Å²) < 4.78 is 74.0. The SMILES string of the molecule is C=C(C(C)C)[C@@H](NC)C(=O)O[C@H](C)C(=O)N(C)[C@@H](CC(C)(C)F)C(=O)OC1(C(=O)OCc2ccccc2)CC1c1ccc(OC(F)(F)F)cc1. The van der Waals surface area contributed by atoms with E-state index in [9.17, 15) is 32.3 Å². The van der Waals surface area contributed by atoms with Crippen molar-refractivity contribution in [2.24, 2.45) is 5.92 Å². The van der Waals surface area contributed by atoms with Gasteiger partial charge in [-0.05, 0) is 62.6 Å². The van der Waals surface area contributed by atoms with Crippen LogP contribution in [0.25, 0.3) is 0 Å². The number of benzene rings is 2. The number of hydrogen-bond donors (Lipinski definition) is 1. The Hall–Kier alpha value is -4.46. The highest BCUT2D eigenvalue weighted by Gasteiger charge is 2.66. The molecular weight excluding hydrogens is 664 g/mol. The maximum Gasteiger partial charge on any atom is 0.573 e. The fraction of sp³-hybridized carbons (Fsp3) is 0.500. The van der Waals surface area contributed by atoms with Crippen LogP contribution in [-0.4, -0.2) is 78.6 Å². The fourth-order valence-electron chi connectivity index (χ4n) is 5.37. The number of alkyl halides is 4. The second kappa shape index (κ2) is 16.0. The van der Waals surface area contributed by atoms with Crippen molar-refractivity contribution in [3.05, 3.63) is 77.9 Å². The first kappa shape index (κ1) is 40.0. The molecule has 274 valence electrons. The molecule has 0 spiro atoms. The van der Waals surface area contributed by atoms with E-state index in [-0.39, 0.29) is 18.9 Å². The normalized spacial score (nSPS) is 19.1. The first-order chi connectivity index (χ1) is 23.2. The summed E-state index contributed by atoms with van der Waals surface area (Å²) in [5.41, 5.74) is -2.44. The molecule has 0 heterocycles. The molecular formula is C36H44F4N2O8. The van der Waals surface area contributed by atoms with Gasteiger partial charge >= 0.3 is 24.3 Å². The van der Waals surface area contributed by atoms with Crippen LogP contribution >= 0.6 is 0 Å². The van der Waals surface area contributed by atoms with Crippen molar-refractivity contribution in [3.63, 3.8) is 0 Å². The number of halogens is 4. The van der Waals surface area contributed by atoms with Gasteiger partial charge in [-0.25, -0.2) is 18.8 Å². The summed E-state index contributed by atoms with van der Waals surface area (Å²) in [6.07, 6.45) is -6.98. The van der Waals surface area contributed by atoms with Crippen molar-refractivity contribution in [2.45, 2.75) is 95.8 Å². The molecule has 0 aliphatic heterocycles. The predicted molar refractivity (Wildman–Crippen MR) is 174 cm³/mol. The van der Waals surface area contributed by atoms with E-state index in [1.54, 1.807) is 30.3 Å². The van der Waals surface area contributed by atoms with E-state index in [0.717, 1.165) is 17.0 Å². The zero-order chi connectivity index (χ0) is 37.6. The molecule has 2 unspecified atom stereocenters. The summed E-state index contributed by atoms with van der Waals surface area (Å²) >= 11 is 0. The Labute approximate surface area is 289 Å². The molecule has 50 heavy (non-hydrogen) atoms. The lowest BCUT2D eigenvalue weighted by Crippen LogP contribution is -2.52. The van der Waals surface area contributed by atoms with E-state index in [4.69, 9.17) is 14.2 Å². The van der Waals surface area contributed by atoms with Crippen molar-refractivity contribution in [1.29, 1.82) is 0 Å². The van der Waals surface area contributed by atoms with E-state index >= 15 is 4.39 Å². The van der Waals surface area contributed by atoms with Crippen LogP contribution in [0.5, 0.6) is 5.75 Å². The van der Waals surface area contributed by atoms with E-state index in [0.29, 0.717) is 16.7 Å². The van der Waals surface area contributed by atoms with Gasteiger partial charge in [0, 0.05) is 25.8 Å². The topological polar surface area (TPSA) is 120 Å². The molecule has 1 amide bonds. The van der Waals surface area contributed by atoms with Gasteiger partial charge in [0.2, 0.25) is 5.60 Å². The summed E-state index contributed by atoms with van der Waals surface area (Å²) in [6, 6.07) is 10.9. The molecule has 1 saturated carbocycles. The van der Waals surface area contributed by atoms with E-state index in [2.05, 4.69) is 16.6 Å². The van der Waals surface area contributed by atoms with E-state index < -0.39 is 77.7 Å². The summed E-state index contributed by atoms with van der Waals surface area (Å²) in [7, 11) is 2.75. The number of carbonyl (C=O) groups excluding carboxylic acids is 4. The molecule has 0 aromatic heterocycles. The largest absolute Gasteiger partial charge is 0.573 e. The Bertz CT molecular complexity index is 1530. The van der Waals surface area contributed by atoms with Crippen molar-refractivity contribution >= 4 is 23.8 Å². The van der Waals surface area contributed by atoms with Crippen molar-refractivity contribution in [1.82, 2.24) is 10.2 Å². The van der Waals surface area contributed by atoms with Crippen LogP contribution in [0.4, 0.5) is 17.6 Å². The number of esters is 3. The highest BCUT2D eigenvalue weighted by atomic mass is 19.4. The minimum atomic E-state index is -4.92. The quantitative estimate of drug-likeness (QED) is 0.1000. The first-order valence-corrected chi connectivity index (χ1v) is 16.0. The zero-order valence-electron chi connectivity index (χ0n) is 29.1. The second-order valence-electron chi connectivity index (χ2n) is 13.2. The van der Waals surface area contributed by atoms with Crippen LogP contribution < -0.4 is 10.1 Å². The van der Waals surface area contributed by atoms with Gasteiger partial charge in [-0.2, -0.15) is 0 Å². The number of amides is 1. The number of ether oxygens (including phenoxy) is 4. The summed E-state index contributed by atoms with van der Waals surface area (Å²) in [4.78, 5) is 54.8. The minimum Gasteiger partial charge on any atom is -0.458 e. The Morgan fingerprint density at radius 1 is 0.980 bits per heavy atom. The third-order valence-electron chi connectivity index (χ3n) is 8.31. The van der Waals surface area contributed by atoms with Crippen LogP contribution in [0.15, 0.2) is 66.7 Å². The molecule has 5 atom stereocenters. The highest BCUT2D eigenvalue weighted by molar-refractivity contribution is 5.92. The lowest BCUT2D eigenvalue weighted by atomic mass is 9.97. The lowest BCUT2D eigenvalue weighted by Gasteiger charge is -2.33. The summed E-state index contributed by atoms with van der Waals surface area (Å²) in [6.45, 7) is 11.1. The highest BCUT2D eigenvalue weighted by Crippen LogP contribution is 2.56. The van der Waals surface area contributed by atoms with Gasteiger partial charge in [0.25, 0.3) is 5.91 Å². The fourth-order valence-corrected chi connectivity index (χ4v) is 5.37. The number of hydrogen-bond acceptors (Lipinski definition) is 9. The number of likely N-dealkylation sites (N-methyl/N-ethyl adjacent to an activating group) is 2. The Balaban J connectivity index is 1.88. The monoisotopic (exact) mass is 708 g/mol. The molecule has 3 rings (SSSR count). The third-order valence-corrected chi connectivity index (χ3v) is 8.31. The molecule has 10 nitrogen and oxygen atoms in total. The number of rotatable bonds is 16. The molecule has 0 saturated heterocycles. The maximum atomic E-state index is 15.1. The Kier molecular flexibility index (Phi) is 12.8. The average Bonchev–Trinajstić information content (AvgIpc) is 3.76. The Morgan fingerprint density at radius 2 is 1.58 bits per heavy atom. The van der Waals surface area contributed by atoms with Crippen LogP contribution in [0.3, 0.4) is 0 Å². The van der Waals surface area contributed by atoms with Gasteiger partial charge in [0.05, 0.1) is 0 Å². The average molecular weight is 709 g/mol. The zero-order valence-corrected chi connectivity index (χ0v) is 29.1. The van der Waals surface area contributed by atoms with E-state index in [1.807, 2.05) is 13.8 Å². The summed E-state index contributed by atoms with van der Waals surface area (Å²) in [5, 5.41) is 2.80. The lowest BCUT2D eigenvalue weighted by molar-refractivity contribution is -0.274. The minimum absolute atomic E-state index is 0.0799. The Morgan fingerprint density at radius 3 is 2.10 bits per heavy atom. The van der Waals surface area contributed by atoms with Crippen LogP contribution in [0, 0.1) is 5.92 Å². The van der Waals surface area contributed by atoms with Gasteiger partial charge in [-0.15, -0.1) is 13.2 Å². The van der Waals surface area contributed by atoms with Crippen LogP contribution in [0.2, 0.25) is 0 Å². The van der Waals surface area contributed by atoms with Gasteiger partial charge in [-0.3, -0.25) is 4.79 Å². The molecule has 1 aliphatic carbocycles. The van der Waals surface area contributed by atoms with Gasteiger partial charge < -0.3 is 29.2 Å². The van der Waals surface area contributed by atoms with Crippen molar-refractivity contribution < 1.29 is 55.7 Å². The van der Waals surface area contributed by atoms with Crippen molar-refractivity contribution in [2.75, 3.05) is 14.1 Å². The number of nitrogens with zero attached hydrogens (tertiary/aromatic N) is 1. The second-order valence-corrected chi connectivity index (χ2v) is 13.2. The van der Waals surface area contributed by atoms with Gasteiger partial charge in [-0.1, -0.05) is 62.9 Å². The molecule has 1 N–H and O–H groups in total. The van der Waals surface area contributed by atoms with Crippen LogP contribution in [-0.2, 0) is 40.0 Å². The predicted octanol–water partition coefficient (Wildman–Crippen LogP) is 5.80. The van der Waals surface area contributed by atoms with Gasteiger partial charge in [0.1, 0.15) is 30.1 Å².